The van der Waals surface area contributed by atoms with Crippen LogP contribution in [0.15, 0.2) is 47.5 Å². The number of hydrogen-bond donors (Lipinski definition) is 2. The molecule has 1 unspecified atom stereocenters. The average molecular weight is 322 g/mol. The molecule has 0 aliphatic heterocycles. The van der Waals surface area contributed by atoms with Gasteiger partial charge in [0.15, 0.2) is 11.1 Å². The van der Waals surface area contributed by atoms with Gasteiger partial charge in [-0.1, -0.05) is 23.7 Å². The first-order valence-electron chi connectivity index (χ1n) is 6.16. The van der Waals surface area contributed by atoms with Crippen LogP contribution < -0.4 is 4.74 Å². The third-order valence-electron chi connectivity index (χ3n) is 3.32. The maximum atomic E-state index is 11.3. The molecule has 0 spiro atoms. The summed E-state index contributed by atoms with van der Waals surface area (Å²) in [6.07, 6.45) is 1.52. The van der Waals surface area contributed by atoms with Gasteiger partial charge in [-0.05, 0) is 29.8 Å². The fourth-order valence-corrected chi connectivity index (χ4v) is 3.04. The van der Waals surface area contributed by atoms with Crippen LogP contribution >= 0.6 is 11.6 Å². The largest absolute Gasteiger partial charge is 0.497 e. The van der Waals surface area contributed by atoms with Crippen molar-refractivity contribution in [2.45, 2.75) is 4.90 Å². The quantitative estimate of drug-likeness (QED) is 0.715. The molecule has 4 nitrogen and oxygen atoms in total. The van der Waals surface area contributed by atoms with E-state index in [0.29, 0.717) is 15.3 Å². The van der Waals surface area contributed by atoms with Crippen molar-refractivity contribution in [2.24, 2.45) is 0 Å². The number of ether oxygens (including phenoxy) is 1. The Hall–Kier alpha value is -1.82. The molecule has 0 fully saturated rings. The Morgan fingerprint density at radius 2 is 1.95 bits per heavy atom. The van der Waals surface area contributed by atoms with Crippen molar-refractivity contribution in [3.8, 4) is 16.9 Å². The van der Waals surface area contributed by atoms with Gasteiger partial charge in [0, 0.05) is 22.7 Å². The zero-order valence-corrected chi connectivity index (χ0v) is 12.7. The summed E-state index contributed by atoms with van der Waals surface area (Å²) in [5, 5.41) is 1.26. The predicted molar refractivity (Wildman–Crippen MR) is 84.3 cm³/mol. The van der Waals surface area contributed by atoms with E-state index in [4.69, 9.17) is 16.3 Å². The van der Waals surface area contributed by atoms with Crippen LogP contribution in [0.5, 0.6) is 5.75 Å². The molecule has 1 atom stereocenters. The zero-order chi connectivity index (χ0) is 15.0. The van der Waals surface area contributed by atoms with Crippen molar-refractivity contribution in [3.05, 3.63) is 47.6 Å². The lowest BCUT2D eigenvalue weighted by Crippen LogP contribution is -1.87. The highest BCUT2D eigenvalue weighted by Crippen LogP contribution is 2.34. The molecule has 3 aromatic rings. The molecule has 0 amide bonds. The number of rotatable bonds is 3. The summed E-state index contributed by atoms with van der Waals surface area (Å²) < 4.78 is 25.8. The van der Waals surface area contributed by atoms with E-state index in [9.17, 15) is 8.76 Å². The van der Waals surface area contributed by atoms with E-state index in [1.807, 2.05) is 30.3 Å². The highest BCUT2D eigenvalue weighted by atomic mass is 35.5. The van der Waals surface area contributed by atoms with Gasteiger partial charge in [0.05, 0.1) is 17.0 Å². The summed E-state index contributed by atoms with van der Waals surface area (Å²) in [6, 6.07) is 11.1. The molecule has 1 aromatic heterocycles. The Morgan fingerprint density at radius 3 is 2.57 bits per heavy atom. The van der Waals surface area contributed by atoms with E-state index in [1.165, 1.54) is 6.20 Å². The number of benzene rings is 2. The van der Waals surface area contributed by atoms with Crippen molar-refractivity contribution in [2.75, 3.05) is 7.11 Å². The Kier molecular flexibility index (Phi) is 3.71. The van der Waals surface area contributed by atoms with E-state index in [0.717, 1.165) is 22.4 Å². The van der Waals surface area contributed by atoms with Gasteiger partial charge in [-0.3, -0.25) is 0 Å². The van der Waals surface area contributed by atoms with Gasteiger partial charge in [0.25, 0.3) is 0 Å². The Labute approximate surface area is 129 Å². The number of hydrogen-bond acceptors (Lipinski definition) is 2. The van der Waals surface area contributed by atoms with Gasteiger partial charge in [-0.25, -0.2) is 4.21 Å². The van der Waals surface area contributed by atoms with Crippen molar-refractivity contribution in [1.29, 1.82) is 0 Å². The zero-order valence-electron chi connectivity index (χ0n) is 11.1. The van der Waals surface area contributed by atoms with Gasteiger partial charge < -0.3 is 14.3 Å². The summed E-state index contributed by atoms with van der Waals surface area (Å²) in [7, 11) is 1.61. The third-order valence-corrected chi connectivity index (χ3v) is 4.35. The van der Waals surface area contributed by atoms with E-state index in [2.05, 4.69) is 4.98 Å². The second kappa shape index (κ2) is 5.52. The van der Waals surface area contributed by atoms with Crippen LogP contribution in [-0.4, -0.2) is 20.9 Å². The number of halogens is 1. The lowest BCUT2D eigenvalue weighted by atomic mass is 10.0. The third kappa shape index (κ3) is 2.55. The monoisotopic (exact) mass is 321 g/mol. The summed E-state index contributed by atoms with van der Waals surface area (Å²) >= 11 is 4.27. The number of methoxy groups -OCH3 is 1. The molecule has 6 heteroatoms. The van der Waals surface area contributed by atoms with Crippen LogP contribution in [0.3, 0.4) is 0 Å². The molecule has 0 saturated carbocycles. The molecule has 1 heterocycles. The summed E-state index contributed by atoms with van der Waals surface area (Å²) in [6.45, 7) is 0. The number of fused-ring (bicyclic) bond motifs is 1. The molecule has 0 aliphatic rings. The van der Waals surface area contributed by atoms with Gasteiger partial charge in [0.2, 0.25) is 0 Å². The van der Waals surface area contributed by atoms with Crippen molar-refractivity contribution in [3.63, 3.8) is 0 Å². The molecular formula is C15H12ClNO3S. The Bertz CT molecular complexity index is 827. The first-order chi connectivity index (χ1) is 10.1. The van der Waals surface area contributed by atoms with Crippen LogP contribution in [0.1, 0.15) is 0 Å². The molecule has 3 rings (SSSR count). The molecule has 108 valence electrons. The van der Waals surface area contributed by atoms with Crippen LogP contribution in [-0.2, 0) is 11.1 Å². The molecule has 2 aromatic carbocycles. The molecular weight excluding hydrogens is 310 g/mol. The van der Waals surface area contributed by atoms with E-state index < -0.39 is 11.1 Å². The van der Waals surface area contributed by atoms with Crippen LogP contribution in [0.25, 0.3) is 22.0 Å². The van der Waals surface area contributed by atoms with E-state index in [-0.39, 0.29) is 0 Å². The summed E-state index contributed by atoms with van der Waals surface area (Å²) in [4.78, 5) is 3.29. The molecule has 0 aliphatic carbocycles. The van der Waals surface area contributed by atoms with Gasteiger partial charge in [-0.15, -0.1) is 0 Å². The highest BCUT2D eigenvalue weighted by Gasteiger charge is 2.13. The normalized spacial score (nSPS) is 12.5. The minimum absolute atomic E-state index is 0.344. The van der Waals surface area contributed by atoms with Gasteiger partial charge >= 0.3 is 0 Å². The Morgan fingerprint density at radius 1 is 1.24 bits per heavy atom. The second-order valence-corrected chi connectivity index (χ2v) is 5.85. The first-order valence-corrected chi connectivity index (χ1v) is 7.64. The molecule has 21 heavy (non-hydrogen) atoms. The molecule has 0 radical (unpaired) electrons. The van der Waals surface area contributed by atoms with Crippen LogP contribution in [0, 0.1) is 0 Å². The smallest absolute Gasteiger partial charge is 0.188 e. The number of aromatic nitrogens is 1. The van der Waals surface area contributed by atoms with Crippen LogP contribution in [0.4, 0.5) is 0 Å². The standard InChI is InChI=1S/C15H12ClNO3S/c1-20-10-4-2-9(3-5-10)11-6-12-14(7-13(11)16)17-8-15(12)21(18)19/h2-8,17H,1H3,(H,18,19). The summed E-state index contributed by atoms with van der Waals surface area (Å²) in [5.74, 6) is 0.759. The van der Waals surface area contributed by atoms with Crippen molar-refractivity contribution in [1.82, 2.24) is 4.98 Å². The first kappa shape index (κ1) is 14.1. The van der Waals surface area contributed by atoms with E-state index in [1.54, 1.807) is 13.2 Å². The maximum Gasteiger partial charge on any atom is 0.188 e. The number of H-pyrrole nitrogens is 1. The maximum absolute atomic E-state index is 11.3. The van der Waals surface area contributed by atoms with Gasteiger partial charge in [0.1, 0.15) is 5.75 Å². The fraction of sp³-hybridized carbons (Fsp3) is 0.0667. The Balaban J connectivity index is 2.18. The summed E-state index contributed by atoms with van der Waals surface area (Å²) in [5.41, 5.74) is 2.45. The predicted octanol–water partition coefficient (Wildman–Crippen LogP) is 4.08. The fourth-order valence-electron chi connectivity index (χ4n) is 2.25. The van der Waals surface area contributed by atoms with Crippen molar-refractivity contribution < 1.29 is 13.5 Å². The SMILES string of the molecule is COc1ccc(-c2cc3c(S(=O)O)c[nH]c3cc2Cl)cc1. The number of aromatic amines is 1. The minimum Gasteiger partial charge on any atom is -0.497 e. The van der Waals surface area contributed by atoms with Crippen LogP contribution in [0.2, 0.25) is 5.02 Å². The van der Waals surface area contributed by atoms with Crippen molar-refractivity contribution >= 4 is 33.6 Å². The molecule has 2 N–H and O–H groups in total. The minimum atomic E-state index is -2.04. The lowest BCUT2D eigenvalue weighted by molar-refractivity contribution is 0.415. The lowest BCUT2D eigenvalue weighted by Gasteiger charge is -2.07. The average Bonchev–Trinajstić information content (AvgIpc) is 2.89. The van der Waals surface area contributed by atoms with E-state index >= 15 is 0 Å². The second-order valence-electron chi connectivity index (χ2n) is 4.51. The highest BCUT2D eigenvalue weighted by molar-refractivity contribution is 7.79. The molecule has 0 saturated heterocycles. The topological polar surface area (TPSA) is 62.3 Å². The molecule has 0 bridgehead atoms. The van der Waals surface area contributed by atoms with Gasteiger partial charge in [-0.2, -0.15) is 0 Å². The number of nitrogens with one attached hydrogen (secondary N) is 1.